The van der Waals surface area contributed by atoms with Gasteiger partial charge in [-0.3, -0.25) is 4.79 Å². The van der Waals surface area contributed by atoms with Crippen LogP contribution in [0.25, 0.3) is 0 Å². The first-order chi connectivity index (χ1) is 8.58. The minimum Gasteiger partial charge on any atom is -0.353 e. The molecule has 2 N–H and O–H groups in total. The Morgan fingerprint density at radius 2 is 1.83 bits per heavy atom. The van der Waals surface area contributed by atoms with Gasteiger partial charge in [0.25, 0.3) is 0 Å². The summed E-state index contributed by atoms with van der Waals surface area (Å²) in [6.07, 6.45) is 1.97. The number of nitrogens with one attached hydrogen (secondary N) is 2. The minimum atomic E-state index is 0.0734. The van der Waals surface area contributed by atoms with Gasteiger partial charge in [0.1, 0.15) is 0 Å². The topological polar surface area (TPSA) is 41.1 Å². The first-order valence-corrected chi connectivity index (χ1v) is 6.64. The lowest BCUT2D eigenvalue weighted by atomic mass is 10.1. The lowest BCUT2D eigenvalue weighted by Crippen LogP contribution is -2.41. The predicted molar refractivity (Wildman–Crippen MR) is 75.5 cm³/mol. The van der Waals surface area contributed by atoms with E-state index >= 15 is 0 Å². The quantitative estimate of drug-likeness (QED) is 0.776. The van der Waals surface area contributed by atoms with Gasteiger partial charge < -0.3 is 10.6 Å². The molecule has 0 heterocycles. The van der Waals surface area contributed by atoms with Crippen LogP contribution in [0, 0.1) is 0 Å². The number of carbonyl (C=O) groups excluding carboxylic acids is 1. The van der Waals surface area contributed by atoms with Crippen molar-refractivity contribution in [2.75, 3.05) is 6.54 Å². The minimum absolute atomic E-state index is 0.0734. The molecule has 0 bridgehead atoms. The SMILES string of the molecule is CC(C)NCC(=O)NC(C)CCc1ccccc1. The Hall–Kier alpha value is -1.35. The summed E-state index contributed by atoms with van der Waals surface area (Å²) < 4.78 is 0. The van der Waals surface area contributed by atoms with Crippen molar-refractivity contribution >= 4 is 5.91 Å². The van der Waals surface area contributed by atoms with E-state index in [1.54, 1.807) is 0 Å². The Kier molecular flexibility index (Phi) is 6.44. The van der Waals surface area contributed by atoms with Crippen LogP contribution in [0.15, 0.2) is 30.3 Å². The summed E-state index contributed by atoms with van der Waals surface area (Å²) in [4.78, 5) is 11.6. The van der Waals surface area contributed by atoms with Gasteiger partial charge in [-0.05, 0) is 25.3 Å². The van der Waals surface area contributed by atoms with E-state index < -0.39 is 0 Å². The van der Waals surface area contributed by atoms with Gasteiger partial charge in [-0.2, -0.15) is 0 Å². The summed E-state index contributed by atoms with van der Waals surface area (Å²) in [5.74, 6) is 0.0734. The van der Waals surface area contributed by atoms with Gasteiger partial charge in [-0.15, -0.1) is 0 Å². The van der Waals surface area contributed by atoms with Crippen molar-refractivity contribution in [1.29, 1.82) is 0 Å². The molecule has 0 saturated carbocycles. The third-order valence-electron chi connectivity index (χ3n) is 2.79. The van der Waals surface area contributed by atoms with E-state index in [0.29, 0.717) is 12.6 Å². The smallest absolute Gasteiger partial charge is 0.234 e. The maximum absolute atomic E-state index is 11.6. The standard InChI is InChI=1S/C15H24N2O/c1-12(2)16-11-15(18)17-13(3)9-10-14-7-5-4-6-8-14/h4-8,12-13,16H,9-11H2,1-3H3,(H,17,18). The molecule has 100 valence electrons. The van der Waals surface area contributed by atoms with Crippen LogP contribution in [0.3, 0.4) is 0 Å². The van der Waals surface area contributed by atoms with Crippen molar-refractivity contribution in [3.8, 4) is 0 Å². The second-order valence-corrected chi connectivity index (χ2v) is 5.03. The molecule has 0 aliphatic heterocycles. The average Bonchev–Trinajstić information content (AvgIpc) is 2.35. The van der Waals surface area contributed by atoms with Crippen LogP contribution >= 0.6 is 0 Å². The molecule has 0 radical (unpaired) electrons. The normalized spacial score (nSPS) is 12.4. The second-order valence-electron chi connectivity index (χ2n) is 5.03. The summed E-state index contributed by atoms with van der Waals surface area (Å²) in [5, 5.41) is 6.12. The van der Waals surface area contributed by atoms with Crippen LogP contribution < -0.4 is 10.6 Å². The summed E-state index contributed by atoms with van der Waals surface area (Å²) in [5.41, 5.74) is 1.32. The third kappa shape index (κ3) is 6.40. The van der Waals surface area contributed by atoms with Crippen molar-refractivity contribution in [2.24, 2.45) is 0 Å². The first kappa shape index (κ1) is 14.7. The molecule has 0 aromatic heterocycles. The van der Waals surface area contributed by atoms with Crippen LogP contribution in [0.4, 0.5) is 0 Å². The van der Waals surface area contributed by atoms with Crippen molar-refractivity contribution in [3.05, 3.63) is 35.9 Å². The molecule has 0 aliphatic carbocycles. The zero-order chi connectivity index (χ0) is 13.4. The van der Waals surface area contributed by atoms with E-state index in [2.05, 4.69) is 29.7 Å². The molecule has 0 aliphatic rings. The molecule has 1 unspecified atom stereocenters. The van der Waals surface area contributed by atoms with E-state index in [9.17, 15) is 4.79 Å². The van der Waals surface area contributed by atoms with E-state index in [1.807, 2.05) is 32.0 Å². The van der Waals surface area contributed by atoms with E-state index in [0.717, 1.165) is 12.8 Å². The van der Waals surface area contributed by atoms with Crippen molar-refractivity contribution in [3.63, 3.8) is 0 Å². The zero-order valence-electron chi connectivity index (χ0n) is 11.6. The predicted octanol–water partition coefficient (Wildman–Crippen LogP) is 2.12. The Morgan fingerprint density at radius 1 is 1.17 bits per heavy atom. The van der Waals surface area contributed by atoms with Crippen LogP contribution in [-0.4, -0.2) is 24.5 Å². The highest BCUT2D eigenvalue weighted by molar-refractivity contribution is 5.78. The van der Waals surface area contributed by atoms with Crippen LogP contribution in [0.2, 0.25) is 0 Å². The number of hydrogen-bond donors (Lipinski definition) is 2. The van der Waals surface area contributed by atoms with Crippen LogP contribution in [0.5, 0.6) is 0 Å². The van der Waals surface area contributed by atoms with Gasteiger partial charge in [-0.1, -0.05) is 44.2 Å². The molecular weight excluding hydrogens is 224 g/mol. The molecule has 1 aromatic rings. The maximum Gasteiger partial charge on any atom is 0.234 e. The summed E-state index contributed by atoms with van der Waals surface area (Å²) in [6, 6.07) is 10.9. The highest BCUT2D eigenvalue weighted by Crippen LogP contribution is 2.04. The van der Waals surface area contributed by atoms with Crippen LogP contribution in [-0.2, 0) is 11.2 Å². The number of benzene rings is 1. The molecule has 1 atom stereocenters. The molecular formula is C15H24N2O. The average molecular weight is 248 g/mol. The lowest BCUT2D eigenvalue weighted by molar-refractivity contribution is -0.120. The fourth-order valence-electron chi connectivity index (χ4n) is 1.72. The number of rotatable bonds is 7. The van der Waals surface area contributed by atoms with E-state index in [-0.39, 0.29) is 11.9 Å². The Balaban J connectivity index is 2.21. The molecule has 3 nitrogen and oxygen atoms in total. The van der Waals surface area contributed by atoms with Gasteiger partial charge >= 0.3 is 0 Å². The lowest BCUT2D eigenvalue weighted by Gasteiger charge is -2.15. The molecule has 0 spiro atoms. The summed E-state index contributed by atoms with van der Waals surface area (Å²) in [6.45, 7) is 6.52. The van der Waals surface area contributed by atoms with E-state index in [4.69, 9.17) is 0 Å². The van der Waals surface area contributed by atoms with Gasteiger partial charge in [0.05, 0.1) is 6.54 Å². The first-order valence-electron chi connectivity index (χ1n) is 6.64. The van der Waals surface area contributed by atoms with Gasteiger partial charge in [-0.25, -0.2) is 0 Å². The molecule has 1 aromatic carbocycles. The monoisotopic (exact) mass is 248 g/mol. The number of aryl methyl sites for hydroxylation is 1. The molecule has 18 heavy (non-hydrogen) atoms. The molecule has 1 amide bonds. The number of carbonyl (C=O) groups is 1. The van der Waals surface area contributed by atoms with Gasteiger partial charge in [0.2, 0.25) is 5.91 Å². The number of hydrogen-bond acceptors (Lipinski definition) is 2. The van der Waals surface area contributed by atoms with Crippen molar-refractivity contribution in [1.82, 2.24) is 10.6 Å². The maximum atomic E-state index is 11.6. The van der Waals surface area contributed by atoms with Crippen molar-refractivity contribution < 1.29 is 4.79 Å². The van der Waals surface area contributed by atoms with E-state index in [1.165, 1.54) is 5.56 Å². The molecule has 3 heteroatoms. The highest BCUT2D eigenvalue weighted by atomic mass is 16.1. The molecule has 1 rings (SSSR count). The second kappa shape index (κ2) is 7.88. The highest BCUT2D eigenvalue weighted by Gasteiger charge is 2.07. The Morgan fingerprint density at radius 3 is 2.44 bits per heavy atom. The molecule has 0 saturated heterocycles. The Labute approximate surface area is 110 Å². The molecule has 0 fully saturated rings. The third-order valence-corrected chi connectivity index (χ3v) is 2.79. The summed E-state index contributed by atoms with van der Waals surface area (Å²) in [7, 11) is 0. The van der Waals surface area contributed by atoms with Crippen LogP contribution in [0.1, 0.15) is 32.8 Å². The van der Waals surface area contributed by atoms with Gasteiger partial charge in [0, 0.05) is 12.1 Å². The fraction of sp³-hybridized carbons (Fsp3) is 0.533. The van der Waals surface area contributed by atoms with Crippen molar-refractivity contribution in [2.45, 2.75) is 45.7 Å². The van der Waals surface area contributed by atoms with Gasteiger partial charge in [0.15, 0.2) is 0 Å². The largest absolute Gasteiger partial charge is 0.353 e. The zero-order valence-corrected chi connectivity index (χ0v) is 11.6. The summed E-state index contributed by atoms with van der Waals surface area (Å²) >= 11 is 0. The number of amides is 1. The fourth-order valence-corrected chi connectivity index (χ4v) is 1.72. The Bertz CT molecular complexity index is 349.